The molecule has 1 aliphatic rings. The Hall–Kier alpha value is -1.10. The van der Waals surface area contributed by atoms with E-state index in [1.54, 1.807) is 20.8 Å². The van der Waals surface area contributed by atoms with Gasteiger partial charge in [0, 0.05) is 0 Å². The number of hydrogen-bond donors (Lipinski definition) is 1. The molecule has 1 fully saturated rings. The summed E-state index contributed by atoms with van der Waals surface area (Å²) in [4.78, 5) is 22.5. The average molecular weight is 215 g/mol. The van der Waals surface area contributed by atoms with Crippen LogP contribution in [0.4, 0.5) is 0 Å². The van der Waals surface area contributed by atoms with Crippen LogP contribution in [0, 0.1) is 0 Å². The predicted molar refractivity (Wildman–Crippen MR) is 53.2 cm³/mol. The van der Waals surface area contributed by atoms with Crippen LogP contribution in [-0.2, 0) is 19.1 Å². The maximum atomic E-state index is 11.5. The largest absolute Gasteiger partial charge is 0.468 e. The Morgan fingerprint density at radius 2 is 1.67 bits per heavy atom. The first-order valence-corrected chi connectivity index (χ1v) is 4.90. The summed E-state index contributed by atoms with van der Waals surface area (Å²) >= 11 is 0. The van der Waals surface area contributed by atoms with E-state index in [-0.39, 0.29) is 24.0 Å². The van der Waals surface area contributed by atoms with E-state index in [0.717, 1.165) is 0 Å². The summed E-state index contributed by atoms with van der Waals surface area (Å²) in [7, 11) is 1.32. The summed E-state index contributed by atoms with van der Waals surface area (Å²) in [5, 5.41) is 2.80. The molecule has 0 aromatic rings. The topological polar surface area (TPSA) is 64.6 Å². The second kappa shape index (κ2) is 4.18. The van der Waals surface area contributed by atoms with Crippen LogP contribution in [0.1, 0.15) is 27.2 Å². The fourth-order valence-electron chi connectivity index (χ4n) is 1.30. The monoisotopic (exact) mass is 215 g/mol. The predicted octanol–water partition coefficient (Wildman–Crippen LogP) is 0.232. The van der Waals surface area contributed by atoms with Crippen molar-refractivity contribution < 1.29 is 19.1 Å². The molecule has 0 aromatic carbocycles. The summed E-state index contributed by atoms with van der Waals surface area (Å²) in [6, 6.07) is -0.749. The van der Waals surface area contributed by atoms with E-state index in [4.69, 9.17) is 4.74 Å². The van der Waals surface area contributed by atoms with Gasteiger partial charge < -0.3 is 9.47 Å². The number of methoxy groups -OCH3 is 1. The third kappa shape index (κ3) is 3.20. The van der Waals surface area contributed by atoms with Gasteiger partial charge in [-0.2, -0.15) is 0 Å². The molecule has 0 unspecified atom stereocenters. The number of nitrogens with one attached hydrogen (secondary N) is 1. The number of carbonyl (C=O) groups is 2. The molecule has 1 saturated heterocycles. The Labute approximate surface area is 89.1 Å². The molecule has 1 heterocycles. The lowest BCUT2D eigenvalue weighted by Crippen LogP contribution is -2.61. The molecule has 5 nitrogen and oxygen atoms in total. The molecule has 5 heteroatoms. The van der Waals surface area contributed by atoms with Gasteiger partial charge in [-0.1, -0.05) is 0 Å². The van der Waals surface area contributed by atoms with Crippen LogP contribution in [-0.4, -0.2) is 36.7 Å². The van der Waals surface area contributed by atoms with Gasteiger partial charge in [-0.25, -0.2) is 0 Å². The SMILES string of the molecule is COC(=O)[C@@H]1C[C@H](C(=O)OC(C)(C)C)N1. The van der Waals surface area contributed by atoms with Crippen LogP contribution in [0.5, 0.6) is 0 Å². The highest BCUT2D eigenvalue weighted by Gasteiger charge is 2.40. The molecule has 0 bridgehead atoms. The summed E-state index contributed by atoms with van der Waals surface area (Å²) in [6.45, 7) is 5.42. The van der Waals surface area contributed by atoms with E-state index < -0.39 is 5.60 Å². The lowest BCUT2D eigenvalue weighted by molar-refractivity contribution is -0.163. The third-order valence-corrected chi connectivity index (χ3v) is 2.05. The Balaban J connectivity index is 2.33. The highest BCUT2D eigenvalue weighted by atomic mass is 16.6. The summed E-state index contributed by atoms with van der Waals surface area (Å²) in [5.74, 6) is -0.655. The smallest absolute Gasteiger partial charge is 0.323 e. The Morgan fingerprint density at radius 3 is 2.07 bits per heavy atom. The van der Waals surface area contributed by atoms with Crippen LogP contribution < -0.4 is 5.32 Å². The fourth-order valence-corrected chi connectivity index (χ4v) is 1.30. The van der Waals surface area contributed by atoms with Crippen molar-refractivity contribution in [3.63, 3.8) is 0 Å². The van der Waals surface area contributed by atoms with Crippen molar-refractivity contribution in [1.29, 1.82) is 0 Å². The Bertz CT molecular complexity index is 263. The fraction of sp³-hybridized carbons (Fsp3) is 0.800. The van der Waals surface area contributed by atoms with Gasteiger partial charge in [0.05, 0.1) is 7.11 Å². The lowest BCUT2D eigenvalue weighted by atomic mass is 9.97. The molecule has 0 amide bonds. The highest BCUT2D eigenvalue weighted by molar-refractivity contribution is 5.84. The molecule has 0 spiro atoms. The van der Waals surface area contributed by atoms with E-state index in [0.29, 0.717) is 6.42 Å². The van der Waals surface area contributed by atoms with Gasteiger partial charge in [-0.15, -0.1) is 0 Å². The van der Waals surface area contributed by atoms with Crippen LogP contribution >= 0.6 is 0 Å². The Morgan fingerprint density at radius 1 is 1.20 bits per heavy atom. The standard InChI is InChI=1S/C10H17NO4/c1-10(2,3)15-9(13)7-5-6(11-7)8(12)14-4/h6-7,11H,5H2,1-4H3/t6-,7+/m0/s1. The second-order valence-corrected chi connectivity index (χ2v) is 4.56. The van der Waals surface area contributed by atoms with Crippen molar-refractivity contribution in [3.05, 3.63) is 0 Å². The Kier molecular flexibility index (Phi) is 3.34. The maximum absolute atomic E-state index is 11.5. The van der Waals surface area contributed by atoms with Crippen LogP contribution in [0.25, 0.3) is 0 Å². The van der Waals surface area contributed by atoms with Gasteiger partial charge >= 0.3 is 11.9 Å². The van der Waals surface area contributed by atoms with E-state index >= 15 is 0 Å². The van der Waals surface area contributed by atoms with Crippen molar-refractivity contribution in [2.45, 2.75) is 44.9 Å². The maximum Gasteiger partial charge on any atom is 0.323 e. The van der Waals surface area contributed by atoms with E-state index in [9.17, 15) is 9.59 Å². The number of esters is 2. The normalized spacial score (nSPS) is 25.3. The van der Waals surface area contributed by atoms with E-state index in [2.05, 4.69) is 10.1 Å². The van der Waals surface area contributed by atoms with Gasteiger partial charge in [-0.3, -0.25) is 14.9 Å². The lowest BCUT2D eigenvalue weighted by Gasteiger charge is -2.35. The van der Waals surface area contributed by atoms with Crippen LogP contribution in [0.3, 0.4) is 0 Å². The van der Waals surface area contributed by atoms with Gasteiger partial charge in [0.2, 0.25) is 0 Å². The molecule has 15 heavy (non-hydrogen) atoms. The van der Waals surface area contributed by atoms with Crippen LogP contribution in [0.15, 0.2) is 0 Å². The zero-order chi connectivity index (χ0) is 11.6. The molecule has 1 N–H and O–H groups in total. The summed E-state index contributed by atoms with van der Waals surface area (Å²) in [5.41, 5.74) is -0.491. The summed E-state index contributed by atoms with van der Waals surface area (Å²) in [6.07, 6.45) is 0.446. The van der Waals surface area contributed by atoms with Crippen LogP contribution in [0.2, 0.25) is 0 Å². The van der Waals surface area contributed by atoms with Crippen molar-refractivity contribution >= 4 is 11.9 Å². The zero-order valence-corrected chi connectivity index (χ0v) is 9.49. The molecule has 0 aliphatic carbocycles. The van der Waals surface area contributed by atoms with Gasteiger partial charge in [0.15, 0.2) is 0 Å². The molecular weight excluding hydrogens is 198 g/mol. The van der Waals surface area contributed by atoms with Crippen molar-refractivity contribution in [2.24, 2.45) is 0 Å². The first kappa shape index (κ1) is 12.0. The molecule has 1 aliphatic heterocycles. The minimum atomic E-state index is -0.491. The second-order valence-electron chi connectivity index (χ2n) is 4.56. The van der Waals surface area contributed by atoms with Gasteiger partial charge in [0.25, 0.3) is 0 Å². The quantitative estimate of drug-likeness (QED) is 0.668. The first-order chi connectivity index (χ1) is 6.83. The minimum absolute atomic E-state index is 0.317. The van der Waals surface area contributed by atoms with E-state index in [1.807, 2.05) is 0 Å². The molecule has 0 aromatic heterocycles. The number of hydrogen-bond acceptors (Lipinski definition) is 5. The molecule has 2 atom stereocenters. The molecule has 0 radical (unpaired) electrons. The minimum Gasteiger partial charge on any atom is -0.468 e. The van der Waals surface area contributed by atoms with Gasteiger partial charge in [0.1, 0.15) is 17.7 Å². The molecule has 86 valence electrons. The number of ether oxygens (including phenoxy) is 2. The molecule has 0 saturated carbocycles. The molecular formula is C10H17NO4. The first-order valence-electron chi connectivity index (χ1n) is 4.90. The summed E-state index contributed by atoms with van der Waals surface area (Å²) < 4.78 is 9.68. The highest BCUT2D eigenvalue weighted by Crippen LogP contribution is 2.17. The zero-order valence-electron chi connectivity index (χ0n) is 9.49. The van der Waals surface area contributed by atoms with Gasteiger partial charge in [-0.05, 0) is 27.2 Å². The van der Waals surface area contributed by atoms with E-state index in [1.165, 1.54) is 7.11 Å². The average Bonchev–Trinajstić information content (AvgIpc) is 1.97. The van der Waals surface area contributed by atoms with Crippen molar-refractivity contribution in [1.82, 2.24) is 5.32 Å². The van der Waals surface area contributed by atoms with Crippen molar-refractivity contribution in [2.75, 3.05) is 7.11 Å². The molecule has 1 rings (SSSR count). The third-order valence-electron chi connectivity index (χ3n) is 2.05. The number of carbonyl (C=O) groups excluding carboxylic acids is 2. The van der Waals surface area contributed by atoms with Crippen molar-refractivity contribution in [3.8, 4) is 0 Å². The number of rotatable bonds is 2.